The van der Waals surface area contributed by atoms with Crippen LogP contribution < -0.4 is 5.32 Å². The molecule has 0 radical (unpaired) electrons. The highest BCUT2D eigenvalue weighted by Crippen LogP contribution is 2.20. The van der Waals surface area contributed by atoms with Gasteiger partial charge in [0.15, 0.2) is 11.9 Å². The van der Waals surface area contributed by atoms with Crippen molar-refractivity contribution in [1.29, 1.82) is 0 Å². The number of carbonyl (C=O) groups excluding carboxylic acids is 3. The second-order valence-electron chi connectivity index (χ2n) is 5.55. The van der Waals surface area contributed by atoms with Crippen LogP contribution in [-0.4, -0.2) is 33.5 Å². The number of ketones is 1. The molecule has 8 heteroatoms. The topological polar surface area (TPSA) is 90.3 Å². The molecule has 0 spiro atoms. The number of aryl methyl sites for hydroxylation is 2. The summed E-state index contributed by atoms with van der Waals surface area (Å²) in [6, 6.07) is 6.41. The van der Waals surface area contributed by atoms with Crippen LogP contribution in [0.3, 0.4) is 0 Å². The third kappa shape index (κ3) is 4.24. The summed E-state index contributed by atoms with van der Waals surface area (Å²) in [5, 5.41) is 6.80. The summed E-state index contributed by atoms with van der Waals surface area (Å²) >= 11 is 6.01. The molecule has 1 heterocycles. The van der Waals surface area contributed by atoms with Crippen molar-refractivity contribution in [3.8, 4) is 0 Å². The SMILES string of the molecule is CC(=O)c1ccc(NC(=O)C(C)OC(=O)c2c(C)nn(C)c2Cl)cc1. The minimum absolute atomic E-state index is 0.0658. The first-order chi connectivity index (χ1) is 11.7. The lowest BCUT2D eigenvalue weighted by atomic mass is 10.1. The zero-order chi connectivity index (χ0) is 18.7. The van der Waals surface area contributed by atoms with Crippen LogP contribution in [-0.2, 0) is 16.6 Å². The molecular weight excluding hydrogens is 346 g/mol. The molecule has 132 valence electrons. The van der Waals surface area contributed by atoms with Crippen molar-refractivity contribution in [2.45, 2.75) is 26.9 Å². The molecular formula is C17H18ClN3O4. The molecule has 0 aliphatic heterocycles. The lowest BCUT2D eigenvalue weighted by molar-refractivity contribution is -0.123. The summed E-state index contributed by atoms with van der Waals surface area (Å²) in [7, 11) is 1.60. The van der Waals surface area contributed by atoms with Gasteiger partial charge >= 0.3 is 5.97 Å². The number of esters is 1. The van der Waals surface area contributed by atoms with Gasteiger partial charge in [-0.2, -0.15) is 5.10 Å². The number of anilines is 1. The molecule has 0 saturated heterocycles. The van der Waals surface area contributed by atoms with Gasteiger partial charge in [0, 0.05) is 18.3 Å². The van der Waals surface area contributed by atoms with Gasteiger partial charge in [0.2, 0.25) is 0 Å². The molecule has 2 rings (SSSR count). The Morgan fingerprint density at radius 3 is 2.32 bits per heavy atom. The largest absolute Gasteiger partial charge is 0.449 e. The summed E-state index contributed by atoms with van der Waals surface area (Å²) in [6.45, 7) is 4.54. The molecule has 0 saturated carbocycles. The van der Waals surface area contributed by atoms with Crippen LogP contribution in [0.5, 0.6) is 0 Å². The van der Waals surface area contributed by atoms with Crippen LogP contribution in [0.4, 0.5) is 5.69 Å². The lowest BCUT2D eigenvalue weighted by Crippen LogP contribution is -2.30. The maximum atomic E-state index is 12.2. The summed E-state index contributed by atoms with van der Waals surface area (Å²) in [5.41, 5.74) is 1.59. The van der Waals surface area contributed by atoms with Gasteiger partial charge in [-0.05, 0) is 45.0 Å². The highest BCUT2D eigenvalue weighted by Gasteiger charge is 2.25. The second kappa shape index (κ2) is 7.48. The van der Waals surface area contributed by atoms with E-state index in [2.05, 4.69) is 10.4 Å². The number of rotatable bonds is 5. The smallest absolute Gasteiger partial charge is 0.343 e. The number of amides is 1. The van der Waals surface area contributed by atoms with Crippen molar-refractivity contribution in [3.05, 3.63) is 46.2 Å². The first-order valence-electron chi connectivity index (χ1n) is 7.52. The van der Waals surface area contributed by atoms with Gasteiger partial charge in [-0.1, -0.05) is 11.6 Å². The second-order valence-corrected chi connectivity index (χ2v) is 5.90. The van der Waals surface area contributed by atoms with E-state index < -0.39 is 18.0 Å². The number of hydrogen-bond donors (Lipinski definition) is 1. The summed E-state index contributed by atoms with van der Waals surface area (Å²) in [6.07, 6.45) is -1.03. The van der Waals surface area contributed by atoms with Crippen LogP contribution in [0.25, 0.3) is 0 Å². The molecule has 1 atom stereocenters. The van der Waals surface area contributed by atoms with Crippen LogP contribution in [0, 0.1) is 6.92 Å². The van der Waals surface area contributed by atoms with Gasteiger partial charge in [-0.15, -0.1) is 0 Å². The molecule has 1 amide bonds. The number of halogens is 1. The zero-order valence-corrected chi connectivity index (χ0v) is 15.0. The molecule has 1 N–H and O–H groups in total. The maximum absolute atomic E-state index is 12.2. The minimum Gasteiger partial charge on any atom is -0.449 e. The number of Topliss-reactive ketones (excluding diaryl/α,β-unsaturated/α-hetero) is 1. The molecule has 1 unspecified atom stereocenters. The number of benzene rings is 1. The minimum atomic E-state index is -1.03. The summed E-state index contributed by atoms with van der Waals surface area (Å²) < 4.78 is 6.52. The van der Waals surface area contributed by atoms with E-state index in [-0.39, 0.29) is 16.5 Å². The fraction of sp³-hybridized carbons (Fsp3) is 0.294. The van der Waals surface area contributed by atoms with Gasteiger partial charge in [0.05, 0.1) is 5.69 Å². The molecule has 0 aliphatic rings. The Hall–Kier alpha value is -2.67. The number of nitrogens with zero attached hydrogens (tertiary/aromatic N) is 2. The molecule has 0 aliphatic carbocycles. The standard InChI is InChI=1S/C17H18ClN3O4/c1-9-14(15(18)21(4)20-9)17(24)25-11(3)16(23)19-13-7-5-12(6-8-13)10(2)22/h5-8,11H,1-4H3,(H,19,23). The van der Waals surface area contributed by atoms with E-state index in [4.69, 9.17) is 16.3 Å². The number of nitrogens with one attached hydrogen (secondary N) is 1. The number of ether oxygens (including phenoxy) is 1. The van der Waals surface area contributed by atoms with Crippen molar-refractivity contribution in [3.63, 3.8) is 0 Å². The molecule has 25 heavy (non-hydrogen) atoms. The van der Waals surface area contributed by atoms with Crippen molar-refractivity contribution in [1.82, 2.24) is 9.78 Å². The monoisotopic (exact) mass is 363 g/mol. The first kappa shape index (κ1) is 18.7. The van der Waals surface area contributed by atoms with Gasteiger partial charge in [0.1, 0.15) is 10.7 Å². The summed E-state index contributed by atoms with van der Waals surface area (Å²) in [5.74, 6) is -1.28. The predicted molar refractivity (Wildman–Crippen MR) is 92.9 cm³/mol. The van der Waals surface area contributed by atoms with Crippen molar-refractivity contribution < 1.29 is 19.1 Å². The molecule has 1 aromatic heterocycles. The Kier molecular flexibility index (Phi) is 5.58. The summed E-state index contributed by atoms with van der Waals surface area (Å²) in [4.78, 5) is 35.6. The third-order valence-electron chi connectivity index (χ3n) is 3.57. The van der Waals surface area contributed by atoms with E-state index >= 15 is 0 Å². The Morgan fingerprint density at radius 1 is 1.24 bits per heavy atom. The molecule has 7 nitrogen and oxygen atoms in total. The van der Waals surface area contributed by atoms with Crippen molar-refractivity contribution >= 4 is 34.9 Å². The normalized spacial score (nSPS) is 11.7. The third-order valence-corrected chi connectivity index (χ3v) is 4.00. The maximum Gasteiger partial charge on any atom is 0.343 e. The van der Waals surface area contributed by atoms with E-state index in [1.165, 1.54) is 18.5 Å². The van der Waals surface area contributed by atoms with Crippen LogP contribution >= 0.6 is 11.6 Å². The van der Waals surface area contributed by atoms with Gasteiger partial charge in [-0.25, -0.2) is 4.79 Å². The molecule has 1 aromatic carbocycles. The Bertz CT molecular complexity index is 827. The average Bonchev–Trinajstić information content (AvgIpc) is 2.80. The van der Waals surface area contributed by atoms with E-state index in [9.17, 15) is 14.4 Å². The lowest BCUT2D eigenvalue weighted by Gasteiger charge is -2.13. The van der Waals surface area contributed by atoms with Gasteiger partial charge in [-0.3, -0.25) is 14.3 Å². The Morgan fingerprint density at radius 2 is 1.84 bits per heavy atom. The number of hydrogen-bond acceptors (Lipinski definition) is 5. The van der Waals surface area contributed by atoms with E-state index in [1.54, 1.807) is 38.2 Å². The quantitative estimate of drug-likeness (QED) is 0.651. The van der Waals surface area contributed by atoms with Gasteiger partial charge in [0.25, 0.3) is 5.91 Å². The number of aromatic nitrogens is 2. The average molecular weight is 364 g/mol. The van der Waals surface area contributed by atoms with Crippen LogP contribution in [0.2, 0.25) is 5.15 Å². The van der Waals surface area contributed by atoms with Crippen LogP contribution in [0.1, 0.15) is 40.3 Å². The molecule has 0 fully saturated rings. The van der Waals surface area contributed by atoms with Crippen LogP contribution in [0.15, 0.2) is 24.3 Å². The van der Waals surface area contributed by atoms with Crippen molar-refractivity contribution in [2.24, 2.45) is 7.05 Å². The highest BCUT2D eigenvalue weighted by atomic mass is 35.5. The van der Waals surface area contributed by atoms with E-state index in [0.717, 1.165) is 0 Å². The Balaban J connectivity index is 2.02. The first-order valence-corrected chi connectivity index (χ1v) is 7.90. The molecule has 2 aromatic rings. The number of carbonyl (C=O) groups is 3. The van der Waals surface area contributed by atoms with Gasteiger partial charge < -0.3 is 10.1 Å². The predicted octanol–water partition coefficient (Wildman–Crippen LogP) is 2.77. The van der Waals surface area contributed by atoms with E-state index in [0.29, 0.717) is 16.9 Å². The molecule has 0 bridgehead atoms. The fourth-order valence-electron chi connectivity index (χ4n) is 2.17. The fourth-order valence-corrected chi connectivity index (χ4v) is 2.42. The highest BCUT2D eigenvalue weighted by molar-refractivity contribution is 6.32. The Labute approximate surface area is 149 Å². The van der Waals surface area contributed by atoms with Crippen molar-refractivity contribution in [2.75, 3.05) is 5.32 Å². The van der Waals surface area contributed by atoms with E-state index in [1.807, 2.05) is 0 Å². The zero-order valence-electron chi connectivity index (χ0n) is 14.3.